The fourth-order valence-corrected chi connectivity index (χ4v) is 2.53. The molecule has 116 valence electrons. The molecule has 0 radical (unpaired) electrons. The zero-order chi connectivity index (χ0) is 16.6. The molecule has 3 rings (SSSR count). The highest BCUT2D eigenvalue weighted by molar-refractivity contribution is 6.11. The zero-order valence-electron chi connectivity index (χ0n) is 12.3. The summed E-state index contributed by atoms with van der Waals surface area (Å²) in [5.74, 6) is -1.04. The Morgan fingerprint density at radius 1 is 1.35 bits per heavy atom. The van der Waals surface area contributed by atoms with Crippen LogP contribution in [0.15, 0.2) is 30.5 Å². The van der Waals surface area contributed by atoms with Crippen molar-refractivity contribution < 1.29 is 9.18 Å². The van der Waals surface area contributed by atoms with Gasteiger partial charge in [0.2, 0.25) is 5.78 Å². The lowest BCUT2D eigenvalue weighted by molar-refractivity contribution is 0.103. The third-order valence-corrected chi connectivity index (χ3v) is 4.05. The van der Waals surface area contributed by atoms with Crippen LogP contribution in [0.4, 0.5) is 10.1 Å². The summed E-state index contributed by atoms with van der Waals surface area (Å²) >= 11 is 0. The number of anilines is 1. The molecular formula is C17H15FN4O. The second-order valence-corrected chi connectivity index (χ2v) is 5.67. The molecule has 1 fully saturated rings. The molecule has 6 heteroatoms. The summed E-state index contributed by atoms with van der Waals surface area (Å²) in [5, 5.41) is 8.76. The number of benzene rings is 1. The van der Waals surface area contributed by atoms with Gasteiger partial charge in [0.05, 0.1) is 11.1 Å². The van der Waals surface area contributed by atoms with E-state index >= 15 is 0 Å². The molecular weight excluding hydrogens is 295 g/mol. The van der Waals surface area contributed by atoms with E-state index in [0.29, 0.717) is 11.1 Å². The van der Waals surface area contributed by atoms with Gasteiger partial charge in [-0.3, -0.25) is 9.78 Å². The third-order valence-electron chi connectivity index (χ3n) is 4.05. The largest absolute Gasteiger partial charge is 0.398 e. The van der Waals surface area contributed by atoms with Crippen molar-refractivity contribution in [3.05, 3.63) is 58.7 Å². The van der Waals surface area contributed by atoms with Gasteiger partial charge in [-0.25, -0.2) is 4.39 Å². The Kier molecular flexibility index (Phi) is 3.80. The predicted molar refractivity (Wildman–Crippen MR) is 82.8 cm³/mol. The molecule has 23 heavy (non-hydrogen) atoms. The summed E-state index contributed by atoms with van der Waals surface area (Å²) in [6.07, 6.45) is 3.19. The number of rotatable bonds is 4. The Labute approximate surface area is 132 Å². The van der Waals surface area contributed by atoms with Gasteiger partial charge in [0.15, 0.2) is 0 Å². The van der Waals surface area contributed by atoms with Crippen LogP contribution >= 0.6 is 0 Å². The highest BCUT2D eigenvalue weighted by Gasteiger charge is 2.33. The van der Waals surface area contributed by atoms with E-state index in [-0.39, 0.29) is 22.9 Å². The van der Waals surface area contributed by atoms with Crippen LogP contribution < -0.4 is 11.5 Å². The van der Waals surface area contributed by atoms with Crippen molar-refractivity contribution in [2.75, 3.05) is 5.73 Å². The van der Waals surface area contributed by atoms with E-state index in [0.717, 1.165) is 12.8 Å². The van der Waals surface area contributed by atoms with E-state index < -0.39 is 17.6 Å². The van der Waals surface area contributed by atoms with Crippen LogP contribution in [0.5, 0.6) is 0 Å². The molecule has 1 aliphatic rings. The lowest BCUT2D eigenvalue weighted by Crippen LogP contribution is -2.18. The van der Waals surface area contributed by atoms with Gasteiger partial charge in [-0.1, -0.05) is 6.07 Å². The summed E-state index contributed by atoms with van der Waals surface area (Å²) in [6.45, 7) is 0. The Morgan fingerprint density at radius 2 is 2.09 bits per heavy atom. The summed E-state index contributed by atoms with van der Waals surface area (Å²) < 4.78 is 14.8. The maximum atomic E-state index is 14.8. The molecule has 4 N–H and O–H groups in total. The van der Waals surface area contributed by atoms with E-state index in [2.05, 4.69) is 4.98 Å². The monoisotopic (exact) mass is 310 g/mol. The molecule has 1 saturated carbocycles. The quantitative estimate of drug-likeness (QED) is 0.666. The van der Waals surface area contributed by atoms with Crippen LogP contribution in [-0.4, -0.2) is 10.8 Å². The van der Waals surface area contributed by atoms with Crippen molar-refractivity contribution in [3.8, 4) is 6.07 Å². The Balaban J connectivity index is 2.02. The zero-order valence-corrected chi connectivity index (χ0v) is 12.3. The summed E-state index contributed by atoms with van der Waals surface area (Å²) in [4.78, 5) is 16.4. The number of nitriles is 1. The minimum atomic E-state index is -0.680. The first-order chi connectivity index (χ1) is 11.0. The van der Waals surface area contributed by atoms with E-state index in [9.17, 15) is 9.18 Å². The van der Waals surface area contributed by atoms with Crippen LogP contribution in [-0.2, 0) is 0 Å². The fraction of sp³-hybridized carbons (Fsp3) is 0.235. The average Bonchev–Trinajstić information content (AvgIpc) is 3.39. The Bertz CT molecular complexity index is 807. The van der Waals surface area contributed by atoms with Gasteiger partial charge in [-0.15, -0.1) is 0 Å². The number of aromatic nitrogens is 1. The number of carbonyl (C=O) groups excluding carboxylic acids is 1. The van der Waals surface area contributed by atoms with Gasteiger partial charge in [0.1, 0.15) is 17.6 Å². The number of halogens is 1. The van der Waals surface area contributed by atoms with Crippen LogP contribution in [0.3, 0.4) is 0 Å². The molecule has 1 atom stereocenters. The highest BCUT2D eigenvalue weighted by Crippen LogP contribution is 2.41. The first-order valence-corrected chi connectivity index (χ1v) is 7.27. The average molecular weight is 310 g/mol. The molecule has 1 aromatic carbocycles. The summed E-state index contributed by atoms with van der Waals surface area (Å²) in [5.41, 5.74) is 12.3. The van der Waals surface area contributed by atoms with E-state index in [4.69, 9.17) is 16.7 Å². The normalized spacial score (nSPS) is 15.0. The van der Waals surface area contributed by atoms with Crippen molar-refractivity contribution in [2.24, 2.45) is 11.7 Å². The van der Waals surface area contributed by atoms with Crippen LogP contribution in [0, 0.1) is 23.1 Å². The lowest BCUT2D eigenvalue weighted by atomic mass is 9.96. The van der Waals surface area contributed by atoms with Crippen LogP contribution in [0.1, 0.15) is 46.1 Å². The third kappa shape index (κ3) is 2.79. The number of hydrogen-bond donors (Lipinski definition) is 2. The van der Waals surface area contributed by atoms with Crippen LogP contribution in [0.2, 0.25) is 0 Å². The van der Waals surface area contributed by atoms with E-state index in [1.807, 2.05) is 6.07 Å². The smallest absolute Gasteiger partial charge is 0.216 e. The van der Waals surface area contributed by atoms with Gasteiger partial charge in [-0.2, -0.15) is 5.26 Å². The maximum absolute atomic E-state index is 14.8. The summed E-state index contributed by atoms with van der Waals surface area (Å²) in [7, 11) is 0. The Hall–Kier alpha value is -2.78. The van der Waals surface area contributed by atoms with E-state index in [1.165, 1.54) is 30.5 Å². The molecule has 0 unspecified atom stereocenters. The van der Waals surface area contributed by atoms with Crippen molar-refractivity contribution in [1.82, 2.24) is 4.98 Å². The molecule has 5 nitrogen and oxygen atoms in total. The molecule has 0 aliphatic heterocycles. The highest BCUT2D eigenvalue weighted by atomic mass is 19.1. The fourth-order valence-electron chi connectivity index (χ4n) is 2.53. The van der Waals surface area contributed by atoms with Gasteiger partial charge in [-0.05, 0) is 37.0 Å². The van der Waals surface area contributed by atoms with Gasteiger partial charge < -0.3 is 11.5 Å². The number of pyridine rings is 1. The van der Waals surface area contributed by atoms with Crippen molar-refractivity contribution in [2.45, 2.75) is 18.9 Å². The summed E-state index contributed by atoms with van der Waals surface area (Å²) in [6, 6.07) is 7.35. The molecule has 0 spiro atoms. The molecule has 0 bridgehead atoms. The predicted octanol–water partition coefficient (Wildman–Crippen LogP) is 2.32. The minimum Gasteiger partial charge on any atom is -0.398 e. The molecule has 2 aromatic rings. The first kappa shape index (κ1) is 15.1. The topological polar surface area (TPSA) is 106 Å². The second kappa shape index (κ2) is 5.78. The van der Waals surface area contributed by atoms with Crippen LogP contribution in [0.25, 0.3) is 0 Å². The number of ketones is 1. The second-order valence-electron chi connectivity index (χ2n) is 5.67. The van der Waals surface area contributed by atoms with Gasteiger partial charge in [0, 0.05) is 23.5 Å². The first-order valence-electron chi connectivity index (χ1n) is 7.27. The molecule has 1 aromatic heterocycles. The SMILES string of the molecule is N#Cc1ccc(C(=O)c2c(N)ccc([C@H](N)C3CC3)c2F)nc1. The molecule has 0 saturated heterocycles. The van der Waals surface area contributed by atoms with E-state index in [1.54, 1.807) is 0 Å². The Morgan fingerprint density at radius 3 is 2.65 bits per heavy atom. The molecule has 1 heterocycles. The van der Waals surface area contributed by atoms with Gasteiger partial charge >= 0.3 is 0 Å². The number of hydrogen-bond acceptors (Lipinski definition) is 5. The number of nitrogens with two attached hydrogens (primary N) is 2. The maximum Gasteiger partial charge on any atom is 0.216 e. The number of nitrogens with zero attached hydrogens (tertiary/aromatic N) is 2. The molecule has 1 aliphatic carbocycles. The van der Waals surface area contributed by atoms with Crippen molar-refractivity contribution in [3.63, 3.8) is 0 Å². The minimum absolute atomic E-state index is 0.0340. The molecule has 0 amide bonds. The number of carbonyl (C=O) groups is 1. The van der Waals surface area contributed by atoms with Crippen molar-refractivity contribution in [1.29, 1.82) is 5.26 Å². The standard InChI is InChI=1S/C17H15FN4O/c18-15-11(16(21)10-2-3-10)4-5-12(20)14(15)17(23)13-6-1-9(7-19)8-22-13/h1,4-6,8,10,16H,2-3,20-21H2/t16-/m1/s1. The van der Waals surface area contributed by atoms with Crippen molar-refractivity contribution >= 4 is 11.5 Å². The van der Waals surface area contributed by atoms with Gasteiger partial charge in [0.25, 0.3) is 0 Å². The number of nitrogen functional groups attached to an aromatic ring is 1. The lowest BCUT2D eigenvalue weighted by Gasteiger charge is -2.15.